The molecule has 0 unspecified atom stereocenters. The topological polar surface area (TPSA) is 67.9 Å². The summed E-state index contributed by atoms with van der Waals surface area (Å²) in [4.78, 5) is 26.9. The second-order valence-corrected chi connectivity index (χ2v) is 7.46. The standard InChI is InChI=1S/C20H27F3N2O4/c1-12(2)17(19(27)25-7-5-6-14(11-25)20(21,22)23)24-18(26)13-8-15(28-3)10-16(9-13)29-4/h8-10,12,14,17H,5-7,11H2,1-4H3,(H,24,26)/t14-,17+/m1/s1. The number of rotatable bonds is 6. The van der Waals surface area contributed by atoms with Crippen molar-refractivity contribution in [2.75, 3.05) is 27.3 Å². The van der Waals surface area contributed by atoms with E-state index in [1.165, 1.54) is 31.3 Å². The molecule has 0 saturated carbocycles. The monoisotopic (exact) mass is 416 g/mol. The fourth-order valence-electron chi connectivity index (χ4n) is 3.32. The van der Waals surface area contributed by atoms with Gasteiger partial charge in [-0.3, -0.25) is 9.59 Å². The number of hydrogen-bond donors (Lipinski definition) is 1. The van der Waals surface area contributed by atoms with Crippen LogP contribution in [0, 0.1) is 11.8 Å². The van der Waals surface area contributed by atoms with Crippen molar-refractivity contribution in [3.8, 4) is 11.5 Å². The number of piperidine rings is 1. The molecule has 1 aromatic carbocycles. The van der Waals surface area contributed by atoms with E-state index >= 15 is 0 Å². The van der Waals surface area contributed by atoms with Crippen LogP contribution < -0.4 is 14.8 Å². The minimum atomic E-state index is -4.34. The minimum absolute atomic E-state index is 0.00951. The fraction of sp³-hybridized carbons (Fsp3) is 0.600. The number of ether oxygens (including phenoxy) is 2. The molecule has 1 aliphatic rings. The Labute approximate surface area is 168 Å². The van der Waals surface area contributed by atoms with Crippen LogP contribution in [-0.2, 0) is 4.79 Å². The molecule has 0 radical (unpaired) electrons. The third kappa shape index (κ3) is 5.77. The van der Waals surface area contributed by atoms with Crippen LogP contribution >= 0.6 is 0 Å². The molecule has 6 nitrogen and oxygen atoms in total. The van der Waals surface area contributed by atoms with Gasteiger partial charge in [-0.05, 0) is 30.9 Å². The Balaban J connectivity index is 2.17. The fourth-order valence-corrected chi connectivity index (χ4v) is 3.32. The second kappa shape index (κ2) is 9.37. The van der Waals surface area contributed by atoms with Gasteiger partial charge in [-0.2, -0.15) is 13.2 Å². The van der Waals surface area contributed by atoms with Crippen LogP contribution in [0.15, 0.2) is 18.2 Å². The van der Waals surface area contributed by atoms with Crippen molar-refractivity contribution in [3.63, 3.8) is 0 Å². The van der Waals surface area contributed by atoms with Gasteiger partial charge in [0.2, 0.25) is 5.91 Å². The number of methoxy groups -OCH3 is 2. The molecule has 1 N–H and O–H groups in total. The first kappa shape index (κ1) is 22.8. The highest BCUT2D eigenvalue weighted by Gasteiger charge is 2.43. The van der Waals surface area contributed by atoms with E-state index in [0.29, 0.717) is 11.5 Å². The van der Waals surface area contributed by atoms with Gasteiger partial charge in [0.15, 0.2) is 0 Å². The summed E-state index contributed by atoms with van der Waals surface area (Å²) in [5.74, 6) is -2.05. The van der Waals surface area contributed by atoms with Crippen molar-refractivity contribution in [2.45, 2.75) is 38.9 Å². The quantitative estimate of drug-likeness (QED) is 0.773. The van der Waals surface area contributed by atoms with Crippen LogP contribution in [0.3, 0.4) is 0 Å². The summed E-state index contributed by atoms with van der Waals surface area (Å²) in [6.07, 6.45) is -4.05. The number of nitrogens with zero attached hydrogens (tertiary/aromatic N) is 1. The van der Waals surface area contributed by atoms with E-state index in [1.54, 1.807) is 19.9 Å². The number of hydrogen-bond acceptors (Lipinski definition) is 4. The second-order valence-electron chi connectivity index (χ2n) is 7.46. The molecule has 0 aliphatic carbocycles. The Morgan fingerprint density at radius 3 is 2.21 bits per heavy atom. The van der Waals surface area contributed by atoms with E-state index in [0.717, 1.165) is 0 Å². The lowest BCUT2D eigenvalue weighted by Gasteiger charge is -2.36. The van der Waals surface area contributed by atoms with Crippen LogP contribution in [0.5, 0.6) is 11.5 Å². The van der Waals surface area contributed by atoms with Crippen molar-refractivity contribution in [1.29, 1.82) is 0 Å². The maximum absolute atomic E-state index is 13.1. The van der Waals surface area contributed by atoms with Gasteiger partial charge in [-0.15, -0.1) is 0 Å². The third-order valence-corrected chi connectivity index (χ3v) is 5.03. The molecule has 1 heterocycles. The highest BCUT2D eigenvalue weighted by molar-refractivity contribution is 5.98. The summed E-state index contributed by atoms with van der Waals surface area (Å²) in [7, 11) is 2.90. The molecule has 1 fully saturated rings. The zero-order valence-electron chi connectivity index (χ0n) is 17.0. The number of benzene rings is 1. The number of likely N-dealkylation sites (tertiary alicyclic amines) is 1. The molecule has 2 atom stereocenters. The molecule has 0 spiro atoms. The first-order chi connectivity index (χ1) is 13.6. The molecule has 2 amide bonds. The van der Waals surface area contributed by atoms with Crippen LogP contribution in [0.1, 0.15) is 37.0 Å². The maximum Gasteiger partial charge on any atom is 0.393 e. The van der Waals surface area contributed by atoms with Crippen molar-refractivity contribution in [3.05, 3.63) is 23.8 Å². The Kier molecular flexibility index (Phi) is 7.37. The molecule has 0 aromatic heterocycles. The summed E-state index contributed by atoms with van der Waals surface area (Å²) in [5, 5.41) is 2.66. The number of halogens is 3. The van der Waals surface area contributed by atoms with Crippen LogP contribution in [0.4, 0.5) is 13.2 Å². The van der Waals surface area contributed by atoms with E-state index in [2.05, 4.69) is 5.32 Å². The smallest absolute Gasteiger partial charge is 0.393 e. The molecular weight excluding hydrogens is 389 g/mol. The molecular formula is C20H27F3N2O4. The maximum atomic E-state index is 13.1. The van der Waals surface area contributed by atoms with Crippen molar-refractivity contribution in [2.24, 2.45) is 11.8 Å². The summed E-state index contributed by atoms with van der Waals surface area (Å²) < 4.78 is 49.5. The van der Waals surface area contributed by atoms with Gasteiger partial charge < -0.3 is 19.7 Å². The third-order valence-electron chi connectivity index (χ3n) is 5.03. The Morgan fingerprint density at radius 1 is 1.14 bits per heavy atom. The van der Waals surface area contributed by atoms with E-state index in [1.807, 2.05) is 0 Å². The SMILES string of the molecule is COc1cc(OC)cc(C(=O)N[C@H](C(=O)N2CCC[C@@H](C(F)(F)F)C2)C(C)C)c1. The van der Waals surface area contributed by atoms with Crippen LogP contribution in [0.2, 0.25) is 0 Å². The largest absolute Gasteiger partial charge is 0.497 e. The average Bonchev–Trinajstić information content (AvgIpc) is 2.70. The molecule has 1 saturated heterocycles. The number of carbonyl (C=O) groups is 2. The molecule has 2 rings (SSSR count). The highest BCUT2D eigenvalue weighted by atomic mass is 19.4. The van der Waals surface area contributed by atoms with Crippen molar-refractivity contribution < 1.29 is 32.2 Å². The lowest BCUT2D eigenvalue weighted by Crippen LogP contribution is -2.54. The van der Waals surface area contributed by atoms with Crippen molar-refractivity contribution >= 4 is 11.8 Å². The van der Waals surface area contributed by atoms with Gasteiger partial charge in [0, 0.05) is 24.7 Å². The predicted octanol–water partition coefficient (Wildman–Crippen LogP) is 3.26. The van der Waals surface area contributed by atoms with E-state index in [-0.39, 0.29) is 37.4 Å². The normalized spacial score (nSPS) is 18.3. The van der Waals surface area contributed by atoms with Gasteiger partial charge in [-0.25, -0.2) is 0 Å². The molecule has 1 aromatic rings. The zero-order valence-corrected chi connectivity index (χ0v) is 17.0. The average molecular weight is 416 g/mol. The molecule has 1 aliphatic heterocycles. The predicted molar refractivity (Wildman–Crippen MR) is 101 cm³/mol. The Hall–Kier alpha value is -2.45. The zero-order chi connectivity index (χ0) is 21.8. The van der Waals surface area contributed by atoms with Gasteiger partial charge >= 0.3 is 6.18 Å². The lowest BCUT2D eigenvalue weighted by atomic mass is 9.95. The number of amides is 2. The minimum Gasteiger partial charge on any atom is -0.497 e. The van der Waals surface area contributed by atoms with Gasteiger partial charge in [0.1, 0.15) is 17.5 Å². The molecule has 162 valence electrons. The Morgan fingerprint density at radius 2 is 1.72 bits per heavy atom. The first-order valence-electron chi connectivity index (χ1n) is 9.46. The summed E-state index contributed by atoms with van der Waals surface area (Å²) in [6.45, 7) is 3.34. The first-order valence-corrected chi connectivity index (χ1v) is 9.46. The summed E-state index contributed by atoms with van der Waals surface area (Å²) in [5.41, 5.74) is 0.228. The van der Waals surface area contributed by atoms with Gasteiger partial charge in [0.05, 0.1) is 20.1 Å². The van der Waals surface area contributed by atoms with Crippen LogP contribution in [0.25, 0.3) is 0 Å². The van der Waals surface area contributed by atoms with E-state index < -0.39 is 30.0 Å². The van der Waals surface area contributed by atoms with E-state index in [9.17, 15) is 22.8 Å². The summed E-state index contributed by atoms with van der Waals surface area (Å²) >= 11 is 0. The highest BCUT2D eigenvalue weighted by Crippen LogP contribution is 2.33. The Bertz CT molecular complexity index is 715. The van der Waals surface area contributed by atoms with Crippen molar-refractivity contribution in [1.82, 2.24) is 10.2 Å². The van der Waals surface area contributed by atoms with Gasteiger partial charge in [-0.1, -0.05) is 13.8 Å². The summed E-state index contributed by atoms with van der Waals surface area (Å²) in [6, 6.07) is 3.67. The van der Waals surface area contributed by atoms with Gasteiger partial charge in [0.25, 0.3) is 5.91 Å². The molecule has 9 heteroatoms. The van der Waals surface area contributed by atoms with E-state index in [4.69, 9.17) is 9.47 Å². The number of carbonyl (C=O) groups excluding carboxylic acids is 2. The van der Waals surface area contributed by atoms with Crippen LogP contribution in [-0.4, -0.2) is 56.2 Å². The molecule has 29 heavy (non-hydrogen) atoms. The lowest BCUT2D eigenvalue weighted by molar-refractivity contribution is -0.188. The molecule has 0 bridgehead atoms. The number of nitrogens with one attached hydrogen (secondary N) is 1. The number of alkyl halides is 3.